The summed E-state index contributed by atoms with van der Waals surface area (Å²) in [5.41, 5.74) is 0. The molecule has 0 saturated carbocycles. The maximum absolute atomic E-state index is 0. The first-order valence-electron chi connectivity index (χ1n) is 0. The van der Waals surface area contributed by atoms with Crippen LogP contribution < -0.4 is 0 Å². The van der Waals surface area contributed by atoms with E-state index in [4.69, 9.17) is 0 Å². The fourth-order valence-corrected chi connectivity index (χ4v) is 0. The molecule has 0 aromatic carbocycles. The molecule has 0 rings (SSSR count). The van der Waals surface area contributed by atoms with Gasteiger partial charge in [0.25, 0.3) is 0 Å². The summed E-state index contributed by atoms with van der Waals surface area (Å²) in [6.45, 7) is 0. The van der Waals surface area contributed by atoms with Gasteiger partial charge in [0, 0.05) is 0 Å². The molecule has 0 atom stereocenters. The maximum atomic E-state index is 0. The molecule has 0 unspecified atom stereocenters. The number of rotatable bonds is 0. The zero-order valence-corrected chi connectivity index (χ0v) is 10.9. The summed E-state index contributed by atoms with van der Waals surface area (Å²) in [5.74, 6) is 0. The summed E-state index contributed by atoms with van der Waals surface area (Å²) in [5, 5.41) is 0. The minimum Gasteiger partial charge on any atom is -2.00 e. The van der Waals surface area contributed by atoms with Gasteiger partial charge in [0.05, 0.1) is 0 Å². The third kappa shape index (κ3) is 43.0. The fraction of sp³-hybridized carbons (Fsp3) is 0. The van der Waals surface area contributed by atoms with Crippen LogP contribution in [0.3, 0.4) is 0 Å². The largest absolute Gasteiger partial charge is 6.00 e. The molecule has 7 heavy (non-hydrogen) atoms. The normalized spacial score (nSPS) is 0. The van der Waals surface area contributed by atoms with Crippen LogP contribution in [0.5, 0.6) is 0 Å². The van der Waals surface area contributed by atoms with Crippen molar-refractivity contribution in [2.75, 3.05) is 0 Å². The van der Waals surface area contributed by atoms with Crippen molar-refractivity contribution < 1.29 is 65.8 Å². The van der Waals surface area contributed by atoms with Gasteiger partial charge < -0.3 is 54.0 Å². The quantitative estimate of drug-likeness (QED) is 0.466. The molecule has 0 aromatic heterocycles. The van der Waals surface area contributed by atoms with Crippen LogP contribution in [0.4, 0.5) is 0 Å². The second-order valence-corrected chi connectivity index (χ2v) is 0. The molecule has 0 heterocycles. The second kappa shape index (κ2) is 55.2. The van der Waals surface area contributed by atoms with Crippen LogP contribution in [0.15, 0.2) is 0 Å². The van der Waals surface area contributed by atoms with E-state index in [9.17, 15) is 0 Å². The first-order chi connectivity index (χ1) is 0. The van der Waals surface area contributed by atoms with Crippen molar-refractivity contribution in [1.82, 2.24) is 0 Å². The van der Waals surface area contributed by atoms with Gasteiger partial charge in [-0.3, -0.25) is 0 Å². The average Bonchev–Trinajstić information content (AvgIpc) is 0. The van der Waals surface area contributed by atoms with Gasteiger partial charge in [-0.2, -0.15) is 0 Å². The van der Waals surface area contributed by atoms with Crippen LogP contribution in [0.2, 0.25) is 0 Å². The SMILES string of the molecule is [Ag+].[Ag+].[Mo+6].[S-2].[S-2].[S-2].[S-2]. The average molecular weight is 440 g/mol. The molecule has 0 aliphatic carbocycles. The molecule has 0 aliphatic rings. The topological polar surface area (TPSA) is 0 Å². The molecule has 52 valence electrons. The van der Waals surface area contributed by atoms with Crippen LogP contribution in [-0.4, -0.2) is 0 Å². The van der Waals surface area contributed by atoms with E-state index in [2.05, 4.69) is 0 Å². The van der Waals surface area contributed by atoms with Crippen molar-refractivity contribution >= 4 is 54.0 Å². The maximum Gasteiger partial charge on any atom is 6.00 e. The van der Waals surface area contributed by atoms with E-state index in [0.717, 1.165) is 0 Å². The number of hydrogen-bond acceptors (Lipinski definition) is 0. The van der Waals surface area contributed by atoms with Crippen LogP contribution >= 0.6 is 0 Å². The van der Waals surface area contributed by atoms with Crippen LogP contribution in [-0.2, 0) is 120 Å². The summed E-state index contributed by atoms with van der Waals surface area (Å²) >= 11 is 0. The van der Waals surface area contributed by atoms with Gasteiger partial charge in [0.1, 0.15) is 0 Å². The first-order valence-corrected chi connectivity index (χ1v) is 0. The molecule has 0 aliphatic heterocycles. The van der Waals surface area contributed by atoms with Gasteiger partial charge >= 0.3 is 65.8 Å². The fourth-order valence-electron chi connectivity index (χ4n) is 0. The molecule has 0 spiro atoms. The Morgan fingerprint density at radius 1 is 0.429 bits per heavy atom. The summed E-state index contributed by atoms with van der Waals surface area (Å²) in [6, 6.07) is 0. The van der Waals surface area contributed by atoms with Crippen molar-refractivity contribution in [2.24, 2.45) is 0 Å². The molecule has 0 saturated heterocycles. The Balaban J connectivity index is 0. The van der Waals surface area contributed by atoms with Gasteiger partial charge in [-0.05, 0) is 0 Å². The smallest absolute Gasteiger partial charge is 2.00 e. The minimum atomic E-state index is 0. The summed E-state index contributed by atoms with van der Waals surface area (Å²) in [4.78, 5) is 0. The second-order valence-electron chi connectivity index (χ2n) is 0. The first kappa shape index (κ1) is 76.0. The van der Waals surface area contributed by atoms with E-state index in [-0.39, 0.29) is 120 Å². The summed E-state index contributed by atoms with van der Waals surface area (Å²) < 4.78 is 0. The van der Waals surface area contributed by atoms with E-state index in [1.54, 1.807) is 0 Å². The summed E-state index contributed by atoms with van der Waals surface area (Å²) in [6.07, 6.45) is 0. The van der Waals surface area contributed by atoms with E-state index in [1.165, 1.54) is 0 Å². The minimum absolute atomic E-state index is 0. The molecule has 0 N–H and O–H groups in total. The predicted octanol–water partition coefficient (Wildman–Crippen LogP) is -0.0171. The van der Waals surface area contributed by atoms with Crippen molar-refractivity contribution in [1.29, 1.82) is 0 Å². The standard InChI is InChI=1S/2Ag.Mo.4S/q2*+1;+6;4*-2. The molecule has 0 amide bonds. The Morgan fingerprint density at radius 2 is 0.429 bits per heavy atom. The molecule has 0 fully saturated rings. The van der Waals surface area contributed by atoms with E-state index in [1.807, 2.05) is 0 Å². The van der Waals surface area contributed by atoms with Gasteiger partial charge in [0.15, 0.2) is 0 Å². The third-order valence-electron chi connectivity index (χ3n) is 0. The van der Waals surface area contributed by atoms with Crippen LogP contribution in [0, 0.1) is 0 Å². The Hall–Kier alpha value is 3.57. The zero-order chi connectivity index (χ0) is 0. The number of hydrogen-bond donors (Lipinski definition) is 0. The predicted molar refractivity (Wildman–Crippen MR) is 29.5 cm³/mol. The Labute approximate surface area is 118 Å². The van der Waals surface area contributed by atoms with Crippen molar-refractivity contribution in [3.05, 3.63) is 0 Å². The Bertz CT molecular complexity index is 9.65. The van der Waals surface area contributed by atoms with E-state index in [0.29, 0.717) is 0 Å². The summed E-state index contributed by atoms with van der Waals surface area (Å²) in [7, 11) is 0. The van der Waals surface area contributed by atoms with Crippen LogP contribution in [0.25, 0.3) is 0 Å². The van der Waals surface area contributed by atoms with Crippen molar-refractivity contribution in [3.8, 4) is 0 Å². The van der Waals surface area contributed by atoms with Gasteiger partial charge in [-0.15, -0.1) is 0 Å². The monoisotopic (exact) mass is 440 g/mol. The Kier molecular flexibility index (Phi) is 599. The van der Waals surface area contributed by atoms with E-state index >= 15 is 0 Å². The molecule has 7 heteroatoms. The molecule has 0 bridgehead atoms. The molecule has 0 radical (unpaired) electrons. The molecular weight excluding hydrogens is 440 g/mol. The van der Waals surface area contributed by atoms with Gasteiger partial charge in [0.2, 0.25) is 0 Å². The molecule has 0 aromatic rings. The van der Waals surface area contributed by atoms with Gasteiger partial charge in [-0.25, -0.2) is 0 Å². The van der Waals surface area contributed by atoms with Crippen molar-refractivity contribution in [3.63, 3.8) is 0 Å². The zero-order valence-electron chi connectivity index (χ0n) is 2.64. The Morgan fingerprint density at radius 3 is 0.429 bits per heavy atom. The van der Waals surface area contributed by atoms with E-state index < -0.39 is 0 Å². The molecule has 0 nitrogen and oxygen atoms in total. The molecular formula is Ag2MoS4. The van der Waals surface area contributed by atoms with Gasteiger partial charge in [-0.1, -0.05) is 0 Å². The van der Waals surface area contributed by atoms with Crippen LogP contribution in [0.1, 0.15) is 0 Å². The van der Waals surface area contributed by atoms with Crippen molar-refractivity contribution in [2.45, 2.75) is 0 Å². The third-order valence-corrected chi connectivity index (χ3v) is 0.